The van der Waals surface area contributed by atoms with Gasteiger partial charge in [-0.2, -0.15) is 8.42 Å². The van der Waals surface area contributed by atoms with Gasteiger partial charge in [-0.1, -0.05) is 17.7 Å². The molecule has 3 rings (SSSR count). The van der Waals surface area contributed by atoms with Gasteiger partial charge < -0.3 is 4.18 Å². The molecule has 8 heteroatoms. The minimum Gasteiger partial charge on any atom is -0.379 e. The summed E-state index contributed by atoms with van der Waals surface area (Å²) in [6, 6.07) is 16.9. The van der Waals surface area contributed by atoms with E-state index in [0.29, 0.717) is 0 Å². The zero-order valence-electron chi connectivity index (χ0n) is 15.8. The maximum atomic E-state index is 12.3. The molecule has 0 spiro atoms. The second kappa shape index (κ2) is 8.24. The van der Waals surface area contributed by atoms with E-state index in [1.165, 1.54) is 12.1 Å². The first-order chi connectivity index (χ1) is 13.7. The zero-order valence-corrected chi connectivity index (χ0v) is 16.6. The molecule has 0 N–H and O–H groups in total. The highest BCUT2D eigenvalue weighted by molar-refractivity contribution is 7.87. The van der Waals surface area contributed by atoms with Crippen LogP contribution in [0.1, 0.15) is 16.7 Å². The van der Waals surface area contributed by atoms with Crippen LogP contribution in [0.25, 0.3) is 0 Å². The normalized spacial score (nSPS) is 11.5. The van der Waals surface area contributed by atoms with Gasteiger partial charge in [0.1, 0.15) is 10.6 Å². The van der Waals surface area contributed by atoms with Gasteiger partial charge in [0.25, 0.3) is 5.69 Å². The lowest BCUT2D eigenvalue weighted by atomic mass is 10.1. The molecule has 3 aromatic rings. The maximum Gasteiger partial charge on any atom is 0.339 e. The van der Waals surface area contributed by atoms with Crippen molar-refractivity contribution in [2.45, 2.75) is 18.7 Å². The highest BCUT2D eigenvalue weighted by atomic mass is 32.2. The van der Waals surface area contributed by atoms with Crippen LogP contribution in [0.3, 0.4) is 0 Å². The Morgan fingerprint density at radius 2 is 1.62 bits per heavy atom. The first-order valence-corrected chi connectivity index (χ1v) is 10.1. The van der Waals surface area contributed by atoms with Crippen molar-refractivity contribution in [1.29, 1.82) is 0 Å². The first kappa shape index (κ1) is 20.2. The Kier molecular flexibility index (Phi) is 5.74. The standard InChI is InChI=1S/C21H18N2O5S/c1-15-3-12-21(16(2)13-15)22-14-17-4-8-19(9-5-17)28-29(26,27)20-10-6-18(7-11-20)23(24)25/h3-14H,1-2H3. The quantitative estimate of drug-likeness (QED) is 0.253. The van der Waals surface area contributed by atoms with Crippen LogP contribution >= 0.6 is 0 Å². The molecule has 0 unspecified atom stereocenters. The van der Waals surface area contributed by atoms with Crippen LogP contribution in [0.15, 0.2) is 76.6 Å². The highest BCUT2D eigenvalue weighted by Gasteiger charge is 2.18. The molecule has 0 aliphatic rings. The Morgan fingerprint density at radius 1 is 0.966 bits per heavy atom. The number of benzene rings is 3. The first-order valence-electron chi connectivity index (χ1n) is 8.65. The topological polar surface area (TPSA) is 98.9 Å². The molecule has 0 saturated heterocycles. The molecule has 0 bridgehead atoms. The third-order valence-electron chi connectivity index (χ3n) is 4.13. The molecule has 0 amide bonds. The molecule has 0 radical (unpaired) electrons. The summed E-state index contributed by atoms with van der Waals surface area (Å²) in [7, 11) is -4.09. The van der Waals surface area contributed by atoms with Gasteiger partial charge in [-0.25, -0.2) is 0 Å². The number of hydrogen-bond acceptors (Lipinski definition) is 6. The zero-order chi connectivity index (χ0) is 21.0. The van der Waals surface area contributed by atoms with Crippen molar-refractivity contribution in [3.63, 3.8) is 0 Å². The second-order valence-corrected chi connectivity index (χ2v) is 7.95. The fourth-order valence-corrected chi connectivity index (χ4v) is 3.54. The molecule has 0 fully saturated rings. The van der Waals surface area contributed by atoms with Crippen molar-refractivity contribution in [3.05, 3.63) is 93.5 Å². The molecule has 3 aromatic carbocycles. The van der Waals surface area contributed by atoms with Crippen molar-refractivity contribution in [2.75, 3.05) is 0 Å². The number of hydrogen-bond donors (Lipinski definition) is 0. The molecular formula is C21H18N2O5S. The molecule has 0 aromatic heterocycles. The summed E-state index contributed by atoms with van der Waals surface area (Å²) < 4.78 is 29.7. The van der Waals surface area contributed by atoms with Crippen LogP contribution in [-0.4, -0.2) is 19.6 Å². The molecular weight excluding hydrogens is 392 g/mol. The smallest absolute Gasteiger partial charge is 0.339 e. The van der Waals surface area contributed by atoms with Gasteiger partial charge >= 0.3 is 10.1 Å². The average Bonchev–Trinajstić information content (AvgIpc) is 2.68. The number of non-ortho nitro benzene ring substituents is 1. The summed E-state index contributed by atoms with van der Waals surface area (Å²) in [5, 5.41) is 10.7. The molecule has 7 nitrogen and oxygen atoms in total. The Labute approximate surface area is 168 Å². The number of nitrogens with zero attached hydrogens (tertiary/aromatic N) is 2. The summed E-state index contributed by atoms with van der Waals surface area (Å²) in [6.45, 7) is 4.00. The lowest BCUT2D eigenvalue weighted by molar-refractivity contribution is -0.384. The van der Waals surface area contributed by atoms with E-state index in [2.05, 4.69) is 4.99 Å². The van der Waals surface area contributed by atoms with Gasteiger partial charge in [0.05, 0.1) is 10.6 Å². The average molecular weight is 410 g/mol. The van der Waals surface area contributed by atoms with Crippen LogP contribution in [0, 0.1) is 24.0 Å². The Balaban J connectivity index is 1.72. The highest BCUT2D eigenvalue weighted by Crippen LogP contribution is 2.22. The fraction of sp³-hybridized carbons (Fsp3) is 0.0952. The number of nitro groups is 1. The van der Waals surface area contributed by atoms with Crippen molar-refractivity contribution >= 4 is 27.7 Å². The minimum atomic E-state index is -4.09. The Morgan fingerprint density at radius 3 is 2.21 bits per heavy atom. The van der Waals surface area contributed by atoms with Gasteiger partial charge in [0.2, 0.25) is 0 Å². The third-order valence-corrected chi connectivity index (χ3v) is 5.39. The summed E-state index contributed by atoms with van der Waals surface area (Å²) >= 11 is 0. The number of rotatable bonds is 6. The van der Waals surface area contributed by atoms with Crippen molar-refractivity contribution < 1.29 is 17.5 Å². The van der Waals surface area contributed by atoms with Crippen LogP contribution in [0.4, 0.5) is 11.4 Å². The van der Waals surface area contributed by atoms with E-state index in [1.54, 1.807) is 18.3 Å². The number of aryl methyl sites for hydroxylation is 2. The molecule has 148 valence electrons. The van der Waals surface area contributed by atoms with Crippen molar-refractivity contribution in [2.24, 2.45) is 4.99 Å². The lowest BCUT2D eigenvalue weighted by Crippen LogP contribution is -2.09. The maximum absolute atomic E-state index is 12.3. The minimum absolute atomic E-state index is 0.131. The van der Waals surface area contributed by atoms with Crippen LogP contribution in [0.2, 0.25) is 0 Å². The molecule has 0 aliphatic carbocycles. The van der Waals surface area contributed by atoms with Gasteiger partial charge in [0, 0.05) is 18.3 Å². The third kappa shape index (κ3) is 5.05. The number of aliphatic imine (C=N–C) groups is 1. The van der Waals surface area contributed by atoms with Crippen molar-refractivity contribution in [1.82, 2.24) is 0 Å². The van der Waals surface area contributed by atoms with Crippen LogP contribution in [-0.2, 0) is 10.1 Å². The summed E-state index contributed by atoms with van der Waals surface area (Å²) in [5.74, 6) is 0.131. The van der Waals surface area contributed by atoms with E-state index in [4.69, 9.17) is 4.18 Å². The van der Waals surface area contributed by atoms with Crippen molar-refractivity contribution in [3.8, 4) is 5.75 Å². The predicted octanol–water partition coefficient (Wildman–Crippen LogP) is 4.73. The van der Waals surface area contributed by atoms with Gasteiger partial charge in [0.15, 0.2) is 0 Å². The van der Waals surface area contributed by atoms with E-state index in [0.717, 1.165) is 46.6 Å². The molecule has 29 heavy (non-hydrogen) atoms. The van der Waals surface area contributed by atoms with Crippen LogP contribution in [0.5, 0.6) is 5.75 Å². The fourth-order valence-electron chi connectivity index (χ4n) is 2.61. The van der Waals surface area contributed by atoms with Gasteiger partial charge in [-0.3, -0.25) is 15.1 Å². The predicted molar refractivity (Wildman–Crippen MR) is 111 cm³/mol. The molecule has 0 saturated carbocycles. The largest absolute Gasteiger partial charge is 0.379 e. The summed E-state index contributed by atoms with van der Waals surface area (Å²) in [4.78, 5) is 14.4. The monoisotopic (exact) mass is 410 g/mol. The van der Waals surface area contributed by atoms with E-state index in [1.807, 2.05) is 32.0 Å². The van der Waals surface area contributed by atoms with E-state index < -0.39 is 15.0 Å². The van der Waals surface area contributed by atoms with Gasteiger partial charge in [-0.15, -0.1) is 0 Å². The summed E-state index contributed by atoms with van der Waals surface area (Å²) in [5.41, 5.74) is 3.67. The van der Waals surface area contributed by atoms with E-state index in [-0.39, 0.29) is 16.3 Å². The summed E-state index contributed by atoms with van der Waals surface area (Å²) in [6.07, 6.45) is 1.69. The lowest BCUT2D eigenvalue weighted by Gasteiger charge is -2.07. The SMILES string of the molecule is Cc1ccc(N=Cc2ccc(OS(=O)(=O)c3ccc([N+](=O)[O-])cc3)cc2)c(C)c1. The molecule has 0 atom stereocenters. The Hall–Kier alpha value is -3.52. The van der Waals surface area contributed by atoms with Crippen LogP contribution < -0.4 is 4.18 Å². The van der Waals surface area contributed by atoms with E-state index >= 15 is 0 Å². The Bertz CT molecular complexity index is 1170. The van der Waals surface area contributed by atoms with Gasteiger partial charge in [-0.05, 0) is 67.4 Å². The molecule has 0 heterocycles. The number of nitro benzene ring substituents is 1. The van der Waals surface area contributed by atoms with E-state index in [9.17, 15) is 18.5 Å². The molecule has 0 aliphatic heterocycles. The second-order valence-electron chi connectivity index (χ2n) is 6.41.